The van der Waals surface area contributed by atoms with Crippen LogP contribution < -0.4 is 5.32 Å². The molecule has 1 heterocycles. The van der Waals surface area contributed by atoms with Gasteiger partial charge in [0.15, 0.2) is 5.17 Å². The first-order chi connectivity index (χ1) is 12.1. The number of fused-ring (bicyclic) bond motifs is 1. The van der Waals surface area contributed by atoms with Gasteiger partial charge >= 0.3 is 5.97 Å². The van der Waals surface area contributed by atoms with E-state index < -0.39 is 11.9 Å². The second kappa shape index (κ2) is 7.62. The van der Waals surface area contributed by atoms with Gasteiger partial charge in [-0.2, -0.15) is 5.10 Å². The third-order valence-electron chi connectivity index (χ3n) is 3.31. The molecule has 0 unspecified atom stereocenters. The SMILES string of the molecule is COC(=O)/C=C1/S/C(=N\N=Cc2ccc3cccc(Br)c3c2)NC1=O. The molecule has 126 valence electrons. The molecule has 25 heavy (non-hydrogen) atoms. The van der Waals surface area contributed by atoms with Crippen LogP contribution in [0.15, 0.2) is 62.1 Å². The van der Waals surface area contributed by atoms with Crippen LogP contribution in [-0.4, -0.2) is 30.4 Å². The Balaban J connectivity index is 1.76. The number of carbonyl (C=O) groups excluding carboxylic acids is 2. The average Bonchev–Trinajstić information content (AvgIpc) is 2.95. The van der Waals surface area contributed by atoms with Gasteiger partial charge in [0.05, 0.1) is 18.2 Å². The van der Waals surface area contributed by atoms with E-state index in [1.165, 1.54) is 7.11 Å². The van der Waals surface area contributed by atoms with Crippen molar-refractivity contribution in [1.82, 2.24) is 5.32 Å². The van der Waals surface area contributed by atoms with Gasteiger partial charge in [0.1, 0.15) is 0 Å². The standard InChI is InChI=1S/C17H12BrN3O3S/c1-24-15(22)8-14-16(23)20-17(25-14)21-19-9-10-5-6-11-3-2-4-13(18)12(11)7-10/h2-9H,1H3,(H,20,21,23)/b14-8+,19-9?. The lowest BCUT2D eigenvalue weighted by Crippen LogP contribution is -2.19. The number of benzene rings is 2. The molecule has 1 fully saturated rings. The zero-order chi connectivity index (χ0) is 17.8. The van der Waals surface area contributed by atoms with Crippen molar-refractivity contribution in [3.8, 4) is 0 Å². The minimum atomic E-state index is -0.593. The molecule has 0 saturated carbocycles. The highest BCUT2D eigenvalue weighted by Gasteiger charge is 2.24. The first kappa shape index (κ1) is 17.4. The molecule has 2 aromatic carbocycles. The minimum Gasteiger partial charge on any atom is -0.466 e. The fourth-order valence-electron chi connectivity index (χ4n) is 2.12. The summed E-state index contributed by atoms with van der Waals surface area (Å²) in [7, 11) is 1.25. The zero-order valence-corrected chi connectivity index (χ0v) is 15.4. The van der Waals surface area contributed by atoms with Crippen LogP contribution >= 0.6 is 27.7 Å². The Morgan fingerprint density at radius 1 is 1.32 bits per heavy atom. The number of halogens is 1. The Labute approximate surface area is 156 Å². The van der Waals surface area contributed by atoms with Gasteiger partial charge in [-0.05, 0) is 40.2 Å². The number of hydrogen-bond acceptors (Lipinski definition) is 6. The number of ether oxygens (including phenoxy) is 1. The van der Waals surface area contributed by atoms with Gasteiger partial charge in [-0.1, -0.05) is 40.2 Å². The van der Waals surface area contributed by atoms with Gasteiger partial charge < -0.3 is 4.74 Å². The number of carbonyl (C=O) groups is 2. The number of hydrogen-bond donors (Lipinski definition) is 1. The lowest BCUT2D eigenvalue weighted by atomic mass is 10.1. The van der Waals surface area contributed by atoms with Gasteiger partial charge in [0.2, 0.25) is 0 Å². The number of esters is 1. The second-order valence-corrected chi connectivity index (χ2v) is 6.84. The maximum Gasteiger partial charge on any atom is 0.331 e. The molecule has 0 aliphatic carbocycles. The van der Waals surface area contributed by atoms with Crippen LogP contribution in [0.4, 0.5) is 0 Å². The lowest BCUT2D eigenvalue weighted by molar-refractivity contribution is -0.135. The summed E-state index contributed by atoms with van der Waals surface area (Å²) in [4.78, 5) is 23.1. The topological polar surface area (TPSA) is 80.1 Å². The highest BCUT2D eigenvalue weighted by atomic mass is 79.9. The summed E-state index contributed by atoms with van der Waals surface area (Å²) in [5.74, 6) is -0.997. The van der Waals surface area contributed by atoms with Crippen molar-refractivity contribution < 1.29 is 14.3 Å². The van der Waals surface area contributed by atoms with E-state index >= 15 is 0 Å². The van der Waals surface area contributed by atoms with Gasteiger partial charge in [0.25, 0.3) is 5.91 Å². The molecular weight excluding hydrogens is 406 g/mol. The largest absolute Gasteiger partial charge is 0.466 e. The van der Waals surface area contributed by atoms with Crippen molar-refractivity contribution in [3.63, 3.8) is 0 Å². The maximum atomic E-state index is 11.7. The summed E-state index contributed by atoms with van der Waals surface area (Å²) < 4.78 is 5.50. The predicted octanol–water partition coefficient (Wildman–Crippen LogP) is 3.21. The van der Waals surface area contributed by atoms with E-state index in [0.717, 1.165) is 38.6 Å². The molecule has 6 nitrogen and oxygen atoms in total. The summed E-state index contributed by atoms with van der Waals surface area (Å²) in [5, 5.41) is 13.0. The molecule has 3 rings (SSSR count). The molecule has 2 aromatic rings. The number of rotatable bonds is 3. The normalized spacial score (nSPS) is 17.6. The van der Waals surface area contributed by atoms with Gasteiger partial charge in [-0.25, -0.2) is 4.79 Å². The quantitative estimate of drug-likeness (QED) is 0.359. The molecule has 0 aromatic heterocycles. The van der Waals surface area contributed by atoms with Crippen molar-refractivity contribution in [2.75, 3.05) is 7.11 Å². The molecule has 0 spiro atoms. The third kappa shape index (κ3) is 4.15. The van der Waals surface area contributed by atoms with Crippen molar-refractivity contribution in [1.29, 1.82) is 0 Å². The lowest BCUT2D eigenvalue weighted by Gasteiger charge is -2.01. The number of amides is 1. The summed E-state index contributed by atoms with van der Waals surface area (Å²) in [6, 6.07) is 11.9. The van der Waals surface area contributed by atoms with Crippen LogP contribution in [0.1, 0.15) is 5.56 Å². The Morgan fingerprint density at radius 2 is 2.16 bits per heavy atom. The molecule has 1 amide bonds. The first-order valence-electron chi connectivity index (χ1n) is 7.15. The van der Waals surface area contributed by atoms with Crippen molar-refractivity contribution in [2.24, 2.45) is 10.2 Å². The number of thioether (sulfide) groups is 1. The Kier molecular flexibility index (Phi) is 5.30. The Bertz CT molecular complexity index is 953. The van der Waals surface area contributed by atoms with E-state index in [4.69, 9.17) is 0 Å². The Morgan fingerprint density at radius 3 is 2.96 bits per heavy atom. The molecule has 0 bridgehead atoms. The van der Waals surface area contributed by atoms with E-state index in [0.29, 0.717) is 5.17 Å². The van der Waals surface area contributed by atoms with Gasteiger partial charge in [-0.15, -0.1) is 5.10 Å². The van der Waals surface area contributed by atoms with Crippen LogP contribution in [0.2, 0.25) is 0 Å². The summed E-state index contributed by atoms with van der Waals surface area (Å²) in [5.41, 5.74) is 0.878. The van der Waals surface area contributed by atoms with Crippen LogP contribution in [0, 0.1) is 0 Å². The fraction of sp³-hybridized carbons (Fsp3) is 0.0588. The van der Waals surface area contributed by atoms with Crippen LogP contribution in [0.5, 0.6) is 0 Å². The van der Waals surface area contributed by atoms with E-state index in [1.54, 1.807) is 6.21 Å². The number of nitrogens with one attached hydrogen (secondary N) is 1. The molecule has 1 aliphatic rings. The Hall–Kier alpha value is -2.45. The average molecular weight is 418 g/mol. The second-order valence-electron chi connectivity index (χ2n) is 4.96. The van der Waals surface area contributed by atoms with Crippen LogP contribution in [-0.2, 0) is 14.3 Å². The fourth-order valence-corrected chi connectivity index (χ4v) is 3.36. The van der Waals surface area contributed by atoms with Crippen molar-refractivity contribution in [3.05, 3.63) is 57.4 Å². The zero-order valence-electron chi connectivity index (χ0n) is 13.0. The number of methoxy groups -OCH3 is 1. The molecule has 0 atom stereocenters. The van der Waals surface area contributed by atoms with E-state index in [9.17, 15) is 9.59 Å². The molecule has 1 aliphatic heterocycles. The number of amidine groups is 1. The van der Waals surface area contributed by atoms with Gasteiger partial charge in [-0.3, -0.25) is 10.1 Å². The summed E-state index contributed by atoms with van der Waals surface area (Å²) in [6.07, 6.45) is 2.72. The first-order valence-corrected chi connectivity index (χ1v) is 8.76. The van der Waals surface area contributed by atoms with Crippen LogP contribution in [0.3, 0.4) is 0 Å². The number of nitrogens with zero attached hydrogens (tertiary/aromatic N) is 2. The monoisotopic (exact) mass is 417 g/mol. The van der Waals surface area contributed by atoms with Crippen molar-refractivity contribution in [2.45, 2.75) is 0 Å². The van der Waals surface area contributed by atoms with Crippen molar-refractivity contribution >= 4 is 61.7 Å². The smallest absolute Gasteiger partial charge is 0.331 e. The van der Waals surface area contributed by atoms with Gasteiger partial charge in [0, 0.05) is 10.5 Å². The molecule has 1 N–H and O–H groups in total. The molecule has 1 saturated heterocycles. The predicted molar refractivity (Wildman–Crippen MR) is 103 cm³/mol. The molecule has 0 radical (unpaired) electrons. The van der Waals surface area contributed by atoms with Crippen LogP contribution in [0.25, 0.3) is 10.8 Å². The maximum absolute atomic E-state index is 11.7. The highest BCUT2D eigenvalue weighted by Crippen LogP contribution is 2.25. The highest BCUT2D eigenvalue weighted by molar-refractivity contribution is 9.10. The van der Waals surface area contributed by atoms with E-state index in [-0.39, 0.29) is 4.91 Å². The third-order valence-corrected chi connectivity index (χ3v) is 4.90. The molecule has 8 heteroatoms. The summed E-state index contributed by atoms with van der Waals surface area (Å²) >= 11 is 4.56. The van der Waals surface area contributed by atoms with E-state index in [2.05, 4.69) is 36.2 Å². The molecular formula is C17H12BrN3O3S. The summed E-state index contributed by atoms with van der Waals surface area (Å²) in [6.45, 7) is 0. The van der Waals surface area contributed by atoms with E-state index in [1.807, 2.05) is 36.4 Å². The minimum absolute atomic E-state index is 0.218.